The van der Waals surface area contributed by atoms with Crippen LogP contribution in [0, 0.1) is 5.82 Å². The average Bonchev–Trinajstić information content (AvgIpc) is 3.15. The van der Waals surface area contributed by atoms with Crippen molar-refractivity contribution in [3.8, 4) is 10.6 Å². The number of imide groups is 1. The van der Waals surface area contributed by atoms with Gasteiger partial charge in [0.15, 0.2) is 0 Å². The second-order valence-corrected chi connectivity index (χ2v) is 7.43. The molecule has 1 aromatic carbocycles. The third kappa shape index (κ3) is 4.30. The molecule has 1 aromatic heterocycles. The molecule has 3 amide bonds. The number of urea groups is 1. The molecule has 3 rings (SSSR count). The van der Waals surface area contributed by atoms with Crippen molar-refractivity contribution < 1.29 is 23.5 Å². The molecule has 27 heavy (non-hydrogen) atoms. The number of aromatic nitrogens is 1. The summed E-state index contributed by atoms with van der Waals surface area (Å²) in [6.45, 7) is 3.16. The van der Waals surface area contributed by atoms with E-state index < -0.39 is 17.5 Å². The van der Waals surface area contributed by atoms with E-state index in [9.17, 15) is 18.8 Å². The molecule has 142 valence electrons. The maximum atomic E-state index is 13.0. The number of nitrogens with zero attached hydrogens (tertiary/aromatic N) is 2. The Morgan fingerprint density at radius 2 is 2.00 bits per heavy atom. The Bertz CT molecular complexity index is 879. The molecule has 0 radical (unpaired) electrons. The van der Waals surface area contributed by atoms with Gasteiger partial charge in [0.2, 0.25) is 0 Å². The number of nitrogens with one attached hydrogen (secondary N) is 1. The second kappa shape index (κ2) is 7.43. The molecule has 2 heterocycles. The molecule has 1 N–H and O–H groups in total. The van der Waals surface area contributed by atoms with Crippen molar-refractivity contribution in [3.05, 3.63) is 41.2 Å². The van der Waals surface area contributed by atoms with Gasteiger partial charge >= 0.3 is 12.0 Å². The van der Waals surface area contributed by atoms with E-state index in [4.69, 9.17) is 4.74 Å². The second-order valence-electron chi connectivity index (χ2n) is 6.57. The fourth-order valence-electron chi connectivity index (χ4n) is 2.55. The third-order valence-corrected chi connectivity index (χ3v) is 4.95. The minimum Gasteiger partial charge on any atom is -0.459 e. The fraction of sp³-hybridized carbons (Fsp3) is 0.333. The molecule has 0 aliphatic carbocycles. The van der Waals surface area contributed by atoms with Crippen molar-refractivity contribution in [1.82, 2.24) is 15.2 Å². The molecule has 1 fully saturated rings. The van der Waals surface area contributed by atoms with Crippen molar-refractivity contribution in [2.45, 2.75) is 32.4 Å². The molecule has 1 saturated heterocycles. The monoisotopic (exact) mass is 391 g/mol. The topological polar surface area (TPSA) is 88.6 Å². The summed E-state index contributed by atoms with van der Waals surface area (Å²) >= 11 is 1.36. The number of rotatable bonds is 6. The van der Waals surface area contributed by atoms with Gasteiger partial charge in [-0.05, 0) is 38.1 Å². The van der Waals surface area contributed by atoms with Crippen molar-refractivity contribution in [3.63, 3.8) is 0 Å². The van der Waals surface area contributed by atoms with Gasteiger partial charge in [-0.15, -0.1) is 11.3 Å². The molecule has 1 aliphatic rings. The van der Waals surface area contributed by atoms with Crippen LogP contribution in [0.4, 0.5) is 9.18 Å². The lowest BCUT2D eigenvalue weighted by atomic mass is 10.1. The van der Waals surface area contributed by atoms with E-state index in [2.05, 4.69) is 10.3 Å². The van der Waals surface area contributed by atoms with Crippen molar-refractivity contribution in [1.29, 1.82) is 0 Å². The lowest BCUT2D eigenvalue weighted by Crippen LogP contribution is -2.40. The third-order valence-electron chi connectivity index (χ3n) is 4.01. The Morgan fingerprint density at radius 1 is 1.30 bits per heavy atom. The first kappa shape index (κ1) is 19.0. The van der Waals surface area contributed by atoms with Crippen LogP contribution in [0.5, 0.6) is 0 Å². The summed E-state index contributed by atoms with van der Waals surface area (Å²) in [5.41, 5.74) is 0.391. The number of carbonyl (C=O) groups excluding carboxylic acids is 3. The quantitative estimate of drug-likeness (QED) is 0.604. The van der Waals surface area contributed by atoms with Crippen molar-refractivity contribution in [2.24, 2.45) is 0 Å². The average molecular weight is 391 g/mol. The first-order chi connectivity index (χ1) is 12.8. The maximum absolute atomic E-state index is 13.0. The summed E-state index contributed by atoms with van der Waals surface area (Å²) in [4.78, 5) is 41.1. The number of carbonyl (C=O) groups is 3. The normalized spacial score (nSPS) is 15.7. The highest BCUT2D eigenvalue weighted by atomic mass is 32.1. The van der Waals surface area contributed by atoms with E-state index in [0.717, 1.165) is 10.5 Å². The van der Waals surface area contributed by atoms with Crippen LogP contribution in [0.3, 0.4) is 0 Å². The summed E-state index contributed by atoms with van der Waals surface area (Å²) in [5, 5.41) is 5.00. The Kier molecular flexibility index (Phi) is 5.22. The largest absolute Gasteiger partial charge is 0.459 e. The number of amides is 3. The zero-order chi connectivity index (χ0) is 19.6. The minimum absolute atomic E-state index is 0.0117. The standard InChI is InChI=1S/C18H18FN3O4S/c1-18(2)16(24)22(17(25)21-18)8-7-14(23)26-9-13-10-27-15(20-13)11-3-5-12(19)6-4-11/h3-6,10H,7-9H2,1-2H3,(H,21,25). The minimum atomic E-state index is -0.960. The van der Waals surface area contributed by atoms with Crippen LogP contribution >= 0.6 is 11.3 Å². The predicted octanol–water partition coefficient (Wildman–Crippen LogP) is 2.71. The van der Waals surface area contributed by atoms with Crippen molar-refractivity contribution in [2.75, 3.05) is 6.54 Å². The van der Waals surface area contributed by atoms with Gasteiger partial charge in [-0.25, -0.2) is 14.2 Å². The van der Waals surface area contributed by atoms with Crippen LogP contribution < -0.4 is 5.32 Å². The number of benzene rings is 1. The highest BCUT2D eigenvalue weighted by molar-refractivity contribution is 7.13. The van der Waals surface area contributed by atoms with Crippen LogP contribution in [-0.2, 0) is 20.9 Å². The number of hydrogen-bond acceptors (Lipinski definition) is 6. The van der Waals surface area contributed by atoms with Crippen molar-refractivity contribution >= 4 is 29.2 Å². The Hall–Kier alpha value is -2.81. The van der Waals surface area contributed by atoms with Gasteiger partial charge in [-0.3, -0.25) is 14.5 Å². The van der Waals surface area contributed by atoms with Crippen LogP contribution in [0.2, 0.25) is 0 Å². The smallest absolute Gasteiger partial charge is 0.325 e. The highest BCUT2D eigenvalue weighted by Crippen LogP contribution is 2.24. The summed E-state index contributed by atoms with van der Waals surface area (Å²) in [6.07, 6.45) is -0.0931. The molecule has 0 spiro atoms. The SMILES string of the molecule is CC1(C)NC(=O)N(CCC(=O)OCc2csc(-c3ccc(F)cc3)n2)C1=O. The van der Waals surface area contributed by atoms with E-state index in [1.54, 1.807) is 31.4 Å². The summed E-state index contributed by atoms with van der Waals surface area (Å²) < 4.78 is 18.1. The molecule has 0 saturated carbocycles. The zero-order valence-electron chi connectivity index (χ0n) is 14.8. The van der Waals surface area contributed by atoms with E-state index in [1.165, 1.54) is 23.5 Å². The van der Waals surface area contributed by atoms with E-state index in [1.807, 2.05) is 0 Å². The van der Waals surface area contributed by atoms with Crippen LogP contribution in [0.1, 0.15) is 26.0 Å². The molecule has 0 bridgehead atoms. The maximum Gasteiger partial charge on any atom is 0.325 e. The first-order valence-corrected chi connectivity index (χ1v) is 9.14. The molecule has 9 heteroatoms. The van der Waals surface area contributed by atoms with E-state index in [-0.39, 0.29) is 31.3 Å². The molecule has 2 aromatic rings. The number of thiazole rings is 1. The predicted molar refractivity (Wildman–Crippen MR) is 96.2 cm³/mol. The molecular formula is C18H18FN3O4S. The number of ether oxygens (including phenoxy) is 1. The van der Waals surface area contributed by atoms with Gasteiger partial charge in [-0.1, -0.05) is 0 Å². The highest BCUT2D eigenvalue weighted by Gasteiger charge is 2.44. The summed E-state index contributed by atoms with van der Waals surface area (Å²) in [5.74, 6) is -1.22. The van der Waals surface area contributed by atoms with Crippen LogP contribution in [0.15, 0.2) is 29.6 Å². The van der Waals surface area contributed by atoms with E-state index in [0.29, 0.717) is 10.7 Å². The zero-order valence-corrected chi connectivity index (χ0v) is 15.6. The Balaban J connectivity index is 1.49. The molecular weight excluding hydrogens is 373 g/mol. The molecule has 7 nitrogen and oxygen atoms in total. The number of esters is 1. The van der Waals surface area contributed by atoms with Gasteiger partial charge in [-0.2, -0.15) is 0 Å². The lowest BCUT2D eigenvalue weighted by molar-refractivity contribution is -0.145. The number of hydrogen-bond donors (Lipinski definition) is 1. The van der Waals surface area contributed by atoms with E-state index >= 15 is 0 Å². The van der Waals surface area contributed by atoms with Crippen LogP contribution in [-0.4, -0.2) is 39.9 Å². The number of halogens is 1. The van der Waals surface area contributed by atoms with Gasteiger partial charge < -0.3 is 10.1 Å². The van der Waals surface area contributed by atoms with Crippen LogP contribution in [0.25, 0.3) is 10.6 Å². The molecule has 0 unspecified atom stereocenters. The Labute approximate surface area is 159 Å². The summed E-state index contributed by atoms with van der Waals surface area (Å²) in [6, 6.07) is 5.45. The van der Waals surface area contributed by atoms with Gasteiger partial charge in [0.1, 0.15) is 23.0 Å². The van der Waals surface area contributed by atoms with Gasteiger partial charge in [0.25, 0.3) is 5.91 Å². The summed E-state index contributed by atoms with van der Waals surface area (Å²) in [7, 11) is 0. The Morgan fingerprint density at radius 3 is 2.63 bits per heavy atom. The fourth-order valence-corrected chi connectivity index (χ4v) is 3.36. The van der Waals surface area contributed by atoms with Gasteiger partial charge in [0, 0.05) is 17.5 Å². The molecule has 1 aliphatic heterocycles. The first-order valence-electron chi connectivity index (χ1n) is 8.26. The lowest BCUT2D eigenvalue weighted by Gasteiger charge is -2.15. The molecule has 0 atom stereocenters. The van der Waals surface area contributed by atoms with Gasteiger partial charge in [0.05, 0.1) is 12.1 Å².